The first-order valence-electron chi connectivity index (χ1n) is 6.28. The van der Waals surface area contributed by atoms with Crippen LogP contribution in [0, 0.1) is 0 Å². The van der Waals surface area contributed by atoms with E-state index in [2.05, 4.69) is 10.9 Å². The molecule has 2 aromatic rings. The van der Waals surface area contributed by atoms with Gasteiger partial charge in [-0.05, 0) is 48.7 Å². The van der Waals surface area contributed by atoms with Gasteiger partial charge in [-0.3, -0.25) is 15.6 Å². The molecule has 0 saturated heterocycles. The number of amides is 1. The molecular formula is C15H13F3N2OS. The van der Waals surface area contributed by atoms with Crippen molar-refractivity contribution in [3.05, 3.63) is 59.7 Å². The SMILES string of the molecule is CSc1cccc(C(=O)NNc2ccc(C(F)(F)F)cc2)c1. The molecule has 0 aliphatic carbocycles. The molecule has 0 aliphatic rings. The fourth-order valence-electron chi connectivity index (χ4n) is 1.71. The number of rotatable bonds is 4. The highest BCUT2D eigenvalue weighted by atomic mass is 32.2. The van der Waals surface area contributed by atoms with Gasteiger partial charge in [0.25, 0.3) is 5.91 Å². The molecule has 116 valence electrons. The molecule has 0 unspecified atom stereocenters. The summed E-state index contributed by atoms with van der Waals surface area (Å²) in [5, 5.41) is 0. The van der Waals surface area contributed by atoms with Crippen LogP contribution in [0.2, 0.25) is 0 Å². The summed E-state index contributed by atoms with van der Waals surface area (Å²) in [5.41, 5.74) is 5.12. The Balaban J connectivity index is 1.99. The van der Waals surface area contributed by atoms with E-state index in [1.807, 2.05) is 12.3 Å². The van der Waals surface area contributed by atoms with E-state index >= 15 is 0 Å². The third-order valence-corrected chi connectivity index (χ3v) is 3.59. The molecule has 0 heterocycles. The smallest absolute Gasteiger partial charge is 0.298 e. The number of thioether (sulfide) groups is 1. The summed E-state index contributed by atoms with van der Waals surface area (Å²) in [4.78, 5) is 12.9. The number of anilines is 1. The van der Waals surface area contributed by atoms with Crippen molar-refractivity contribution in [2.75, 3.05) is 11.7 Å². The first-order valence-corrected chi connectivity index (χ1v) is 7.50. The van der Waals surface area contributed by atoms with Crippen molar-refractivity contribution < 1.29 is 18.0 Å². The summed E-state index contributed by atoms with van der Waals surface area (Å²) < 4.78 is 37.3. The van der Waals surface area contributed by atoms with E-state index in [0.717, 1.165) is 17.0 Å². The summed E-state index contributed by atoms with van der Waals surface area (Å²) in [6.45, 7) is 0. The minimum absolute atomic E-state index is 0.363. The van der Waals surface area contributed by atoms with E-state index in [1.165, 1.54) is 23.9 Å². The lowest BCUT2D eigenvalue weighted by atomic mass is 10.2. The molecule has 2 N–H and O–H groups in total. The number of benzene rings is 2. The minimum atomic E-state index is -4.37. The molecule has 2 rings (SSSR count). The van der Waals surface area contributed by atoms with E-state index in [4.69, 9.17) is 0 Å². The van der Waals surface area contributed by atoms with Gasteiger partial charge in [-0.15, -0.1) is 11.8 Å². The minimum Gasteiger partial charge on any atom is -0.298 e. The van der Waals surface area contributed by atoms with Crippen LogP contribution in [-0.4, -0.2) is 12.2 Å². The van der Waals surface area contributed by atoms with Crippen molar-refractivity contribution in [2.24, 2.45) is 0 Å². The van der Waals surface area contributed by atoms with Crippen LogP contribution >= 0.6 is 11.8 Å². The number of hydrazine groups is 1. The third kappa shape index (κ3) is 4.17. The molecule has 0 radical (unpaired) electrons. The van der Waals surface area contributed by atoms with Gasteiger partial charge in [-0.25, -0.2) is 0 Å². The summed E-state index contributed by atoms with van der Waals surface area (Å²) in [5.74, 6) is -0.365. The lowest BCUT2D eigenvalue weighted by Crippen LogP contribution is -2.29. The number of carbonyl (C=O) groups excluding carboxylic acids is 1. The van der Waals surface area contributed by atoms with Crippen molar-refractivity contribution in [1.82, 2.24) is 5.43 Å². The number of alkyl halides is 3. The molecule has 0 saturated carbocycles. The van der Waals surface area contributed by atoms with Gasteiger partial charge in [0.2, 0.25) is 0 Å². The summed E-state index contributed by atoms with van der Waals surface area (Å²) in [6.07, 6.45) is -2.47. The van der Waals surface area contributed by atoms with Crippen LogP contribution in [0.4, 0.5) is 18.9 Å². The van der Waals surface area contributed by atoms with Gasteiger partial charge in [0.1, 0.15) is 0 Å². The summed E-state index contributed by atoms with van der Waals surface area (Å²) >= 11 is 1.51. The van der Waals surface area contributed by atoms with Crippen LogP contribution in [0.15, 0.2) is 53.4 Å². The largest absolute Gasteiger partial charge is 0.416 e. The van der Waals surface area contributed by atoms with E-state index in [9.17, 15) is 18.0 Å². The highest BCUT2D eigenvalue weighted by molar-refractivity contribution is 7.98. The molecule has 0 atom stereocenters. The van der Waals surface area contributed by atoms with E-state index < -0.39 is 11.7 Å². The van der Waals surface area contributed by atoms with Crippen LogP contribution < -0.4 is 10.9 Å². The molecule has 1 amide bonds. The van der Waals surface area contributed by atoms with Crippen molar-refractivity contribution >= 4 is 23.4 Å². The zero-order chi connectivity index (χ0) is 16.2. The highest BCUT2D eigenvalue weighted by Gasteiger charge is 2.29. The van der Waals surface area contributed by atoms with Crippen molar-refractivity contribution in [2.45, 2.75) is 11.1 Å². The van der Waals surface area contributed by atoms with Gasteiger partial charge in [-0.2, -0.15) is 13.2 Å². The molecule has 0 aromatic heterocycles. The van der Waals surface area contributed by atoms with E-state index in [-0.39, 0.29) is 5.91 Å². The van der Waals surface area contributed by atoms with Crippen LogP contribution in [-0.2, 0) is 6.18 Å². The Hall–Kier alpha value is -2.15. The predicted octanol–water partition coefficient (Wildman–Crippen LogP) is 4.18. The van der Waals surface area contributed by atoms with Gasteiger partial charge in [0.05, 0.1) is 11.3 Å². The van der Waals surface area contributed by atoms with Gasteiger partial charge >= 0.3 is 6.18 Å². The molecule has 22 heavy (non-hydrogen) atoms. The molecule has 2 aromatic carbocycles. The zero-order valence-electron chi connectivity index (χ0n) is 11.6. The zero-order valence-corrected chi connectivity index (χ0v) is 12.4. The second-order valence-corrected chi connectivity index (χ2v) is 5.27. The fraction of sp³-hybridized carbons (Fsp3) is 0.133. The second kappa shape index (κ2) is 6.74. The Morgan fingerprint density at radius 1 is 1.09 bits per heavy atom. The lowest BCUT2D eigenvalue weighted by molar-refractivity contribution is -0.137. The number of halogens is 3. The number of carbonyl (C=O) groups is 1. The van der Waals surface area contributed by atoms with Gasteiger partial charge in [-0.1, -0.05) is 6.07 Å². The molecule has 0 bridgehead atoms. The maximum atomic E-state index is 12.4. The Kier molecular flexibility index (Phi) is 4.97. The quantitative estimate of drug-likeness (QED) is 0.654. The highest BCUT2D eigenvalue weighted by Crippen LogP contribution is 2.29. The standard InChI is InChI=1S/C15H13F3N2OS/c1-22-13-4-2-3-10(9-13)14(21)20-19-12-7-5-11(6-8-12)15(16,17)18/h2-9,19H,1H3,(H,20,21). The van der Waals surface area contributed by atoms with Gasteiger partial charge in [0.15, 0.2) is 0 Å². The Bertz CT molecular complexity index is 657. The number of hydrogen-bond donors (Lipinski definition) is 2. The average molecular weight is 326 g/mol. The Morgan fingerprint density at radius 3 is 2.36 bits per heavy atom. The number of hydrogen-bond acceptors (Lipinski definition) is 3. The monoisotopic (exact) mass is 326 g/mol. The molecule has 0 spiro atoms. The van der Waals surface area contributed by atoms with E-state index in [1.54, 1.807) is 18.2 Å². The van der Waals surface area contributed by atoms with Gasteiger partial charge < -0.3 is 0 Å². The third-order valence-electron chi connectivity index (χ3n) is 2.86. The van der Waals surface area contributed by atoms with Crippen LogP contribution in [0.3, 0.4) is 0 Å². The molecule has 3 nitrogen and oxygen atoms in total. The maximum Gasteiger partial charge on any atom is 0.416 e. The lowest BCUT2D eigenvalue weighted by Gasteiger charge is -2.11. The van der Waals surface area contributed by atoms with Crippen molar-refractivity contribution in [3.63, 3.8) is 0 Å². The average Bonchev–Trinajstić information content (AvgIpc) is 2.52. The Labute approximate surface area is 129 Å². The van der Waals surface area contributed by atoms with Gasteiger partial charge in [0, 0.05) is 10.5 Å². The topological polar surface area (TPSA) is 41.1 Å². The molecular weight excluding hydrogens is 313 g/mol. The van der Waals surface area contributed by atoms with E-state index in [0.29, 0.717) is 11.3 Å². The van der Waals surface area contributed by atoms with Crippen LogP contribution in [0.1, 0.15) is 15.9 Å². The fourth-order valence-corrected chi connectivity index (χ4v) is 2.17. The van der Waals surface area contributed by atoms with Crippen LogP contribution in [0.25, 0.3) is 0 Å². The number of nitrogens with one attached hydrogen (secondary N) is 2. The normalized spacial score (nSPS) is 11.1. The summed E-state index contributed by atoms with van der Waals surface area (Å²) in [6, 6.07) is 11.4. The van der Waals surface area contributed by atoms with Crippen molar-refractivity contribution in [1.29, 1.82) is 0 Å². The first-order chi connectivity index (χ1) is 10.4. The Morgan fingerprint density at radius 2 is 1.77 bits per heavy atom. The molecule has 0 fully saturated rings. The van der Waals surface area contributed by atoms with Crippen LogP contribution in [0.5, 0.6) is 0 Å². The summed E-state index contributed by atoms with van der Waals surface area (Å²) in [7, 11) is 0. The van der Waals surface area contributed by atoms with Crippen molar-refractivity contribution in [3.8, 4) is 0 Å². The first kappa shape index (κ1) is 16.2. The maximum absolute atomic E-state index is 12.4. The second-order valence-electron chi connectivity index (χ2n) is 4.39. The molecule has 7 heteroatoms. The molecule has 0 aliphatic heterocycles. The predicted molar refractivity (Wildman–Crippen MR) is 80.8 cm³/mol.